The molecule has 1 aromatic heterocycles. The van der Waals surface area contributed by atoms with E-state index in [9.17, 15) is 22.4 Å². The topological polar surface area (TPSA) is 86.5 Å². The van der Waals surface area contributed by atoms with E-state index in [-0.39, 0.29) is 54.0 Å². The molecule has 0 saturated heterocycles. The number of benzene rings is 1. The Bertz CT molecular complexity index is 1030. The number of hydrogen-bond donors (Lipinski definition) is 1. The van der Waals surface area contributed by atoms with E-state index in [4.69, 9.17) is 20.8 Å². The molecule has 3 aliphatic carbocycles. The summed E-state index contributed by atoms with van der Waals surface area (Å²) in [6.07, 6.45) is -3.56. The van der Waals surface area contributed by atoms with E-state index in [1.807, 2.05) is 0 Å². The standard InChI is InChI=1S/C21H20ClF4N3O4/c22-15-2-1-11(7-16(15)23)31-8-17(30)27-10-5-13-14(6-10)18(13)20-29-28-19(32-20)9-3-12(4-9)33-21(24,25)26/h1-2,7,9-10,12-14,18H,3-6,8H2,(H,27,30)/t9-,10-,12-,13-,14+,18+. The van der Waals surface area contributed by atoms with Crippen LogP contribution in [0.25, 0.3) is 0 Å². The van der Waals surface area contributed by atoms with Crippen molar-refractivity contribution in [2.24, 2.45) is 11.8 Å². The number of rotatable bonds is 7. The van der Waals surface area contributed by atoms with Crippen molar-refractivity contribution >= 4 is 17.5 Å². The number of fused-ring (bicyclic) bond motifs is 1. The van der Waals surface area contributed by atoms with Crippen molar-refractivity contribution in [3.05, 3.63) is 40.8 Å². The van der Waals surface area contributed by atoms with Gasteiger partial charge in [-0.25, -0.2) is 4.39 Å². The molecule has 0 unspecified atom stereocenters. The molecule has 0 radical (unpaired) electrons. The zero-order chi connectivity index (χ0) is 23.3. The van der Waals surface area contributed by atoms with Gasteiger partial charge >= 0.3 is 6.36 Å². The summed E-state index contributed by atoms with van der Waals surface area (Å²) in [5.41, 5.74) is 0. The molecule has 1 heterocycles. The normalized spacial score (nSPS) is 30.5. The minimum Gasteiger partial charge on any atom is -0.484 e. The van der Waals surface area contributed by atoms with Crippen molar-refractivity contribution in [3.8, 4) is 5.75 Å². The molecule has 33 heavy (non-hydrogen) atoms. The smallest absolute Gasteiger partial charge is 0.484 e. The molecule has 0 spiro atoms. The molecule has 7 nitrogen and oxygen atoms in total. The molecule has 0 bridgehead atoms. The Morgan fingerprint density at radius 2 is 1.85 bits per heavy atom. The quantitative estimate of drug-likeness (QED) is 0.583. The van der Waals surface area contributed by atoms with Crippen LogP contribution in [-0.4, -0.2) is 41.2 Å². The second-order valence-corrected chi connectivity index (χ2v) is 9.19. The zero-order valence-corrected chi connectivity index (χ0v) is 17.9. The van der Waals surface area contributed by atoms with E-state index < -0.39 is 18.3 Å². The number of carbonyl (C=O) groups is 1. The number of nitrogens with zero attached hydrogens (tertiary/aromatic N) is 2. The van der Waals surface area contributed by atoms with Gasteiger partial charge in [0.15, 0.2) is 6.61 Å². The first-order valence-electron chi connectivity index (χ1n) is 10.6. The lowest BCUT2D eigenvalue weighted by Gasteiger charge is -2.32. The van der Waals surface area contributed by atoms with Gasteiger partial charge in [-0.15, -0.1) is 23.4 Å². The maximum absolute atomic E-state index is 13.4. The molecule has 1 amide bonds. The van der Waals surface area contributed by atoms with Crippen LogP contribution in [0.5, 0.6) is 5.75 Å². The number of halogens is 5. The number of carbonyl (C=O) groups excluding carboxylic acids is 1. The van der Waals surface area contributed by atoms with Crippen molar-refractivity contribution in [1.29, 1.82) is 0 Å². The minimum atomic E-state index is -4.63. The van der Waals surface area contributed by atoms with Gasteiger partial charge in [0, 0.05) is 23.9 Å². The minimum absolute atomic E-state index is 0.00334. The van der Waals surface area contributed by atoms with E-state index in [2.05, 4.69) is 20.3 Å². The van der Waals surface area contributed by atoms with Crippen LogP contribution in [0.2, 0.25) is 5.02 Å². The molecule has 1 aromatic carbocycles. The van der Waals surface area contributed by atoms with E-state index >= 15 is 0 Å². The Hall–Kier alpha value is -2.40. The fourth-order valence-electron chi connectivity index (χ4n) is 4.91. The largest absolute Gasteiger partial charge is 0.522 e. The third-order valence-corrected chi connectivity index (χ3v) is 6.86. The summed E-state index contributed by atoms with van der Waals surface area (Å²) in [6, 6.07) is 3.97. The molecule has 2 aromatic rings. The lowest BCUT2D eigenvalue weighted by atomic mass is 9.82. The van der Waals surface area contributed by atoms with E-state index in [1.54, 1.807) is 0 Å². The van der Waals surface area contributed by atoms with Crippen LogP contribution in [-0.2, 0) is 9.53 Å². The first-order chi connectivity index (χ1) is 15.7. The van der Waals surface area contributed by atoms with Gasteiger partial charge in [-0.2, -0.15) is 0 Å². The van der Waals surface area contributed by atoms with Crippen LogP contribution in [0.1, 0.15) is 49.3 Å². The number of ether oxygens (including phenoxy) is 2. The summed E-state index contributed by atoms with van der Waals surface area (Å²) in [6.45, 7) is -0.232. The molecule has 12 heteroatoms. The fourth-order valence-corrected chi connectivity index (χ4v) is 5.03. The van der Waals surface area contributed by atoms with Gasteiger partial charge in [-0.1, -0.05) is 11.6 Å². The number of nitrogens with one attached hydrogen (secondary N) is 1. The summed E-state index contributed by atoms with van der Waals surface area (Å²) < 4.78 is 65.2. The van der Waals surface area contributed by atoms with Crippen LogP contribution in [0.4, 0.5) is 17.6 Å². The third kappa shape index (κ3) is 4.93. The van der Waals surface area contributed by atoms with Crippen molar-refractivity contribution in [2.75, 3.05) is 6.61 Å². The molecule has 3 saturated carbocycles. The molecule has 0 aliphatic heterocycles. The highest BCUT2D eigenvalue weighted by Crippen LogP contribution is 2.63. The maximum atomic E-state index is 13.4. The van der Waals surface area contributed by atoms with Crippen molar-refractivity contribution < 1.29 is 36.2 Å². The molecular weight excluding hydrogens is 470 g/mol. The van der Waals surface area contributed by atoms with E-state index in [0.29, 0.717) is 23.6 Å². The summed E-state index contributed by atoms with van der Waals surface area (Å²) in [5.74, 6) is 0.719. The van der Waals surface area contributed by atoms with Crippen LogP contribution < -0.4 is 10.1 Å². The lowest BCUT2D eigenvalue weighted by Crippen LogP contribution is -2.37. The monoisotopic (exact) mass is 489 g/mol. The number of amides is 1. The highest BCUT2D eigenvalue weighted by atomic mass is 35.5. The SMILES string of the molecule is O=C(COc1ccc(Cl)c(F)c1)N[C@@H]1C[C@@H]2[C@H](C1)[C@H]2c1nnc([C@H]2C[C@H](OC(F)(F)F)C2)o1. The van der Waals surface area contributed by atoms with Crippen LogP contribution in [0, 0.1) is 17.7 Å². The predicted octanol–water partition coefficient (Wildman–Crippen LogP) is 4.33. The highest BCUT2D eigenvalue weighted by molar-refractivity contribution is 6.30. The van der Waals surface area contributed by atoms with Crippen molar-refractivity contribution in [2.45, 2.75) is 56.0 Å². The molecular formula is C21H20ClF4N3O4. The van der Waals surface area contributed by atoms with Gasteiger partial charge < -0.3 is 14.5 Å². The third-order valence-electron chi connectivity index (χ3n) is 6.56. The maximum Gasteiger partial charge on any atom is 0.522 e. The van der Waals surface area contributed by atoms with Gasteiger partial charge in [-0.05, 0) is 49.7 Å². The van der Waals surface area contributed by atoms with Gasteiger partial charge in [0.05, 0.1) is 11.1 Å². The molecule has 5 rings (SSSR count). The Kier molecular flexibility index (Phi) is 5.72. The van der Waals surface area contributed by atoms with Gasteiger partial charge in [0.1, 0.15) is 11.6 Å². The lowest BCUT2D eigenvalue weighted by molar-refractivity contribution is -0.352. The Morgan fingerprint density at radius 3 is 2.52 bits per heavy atom. The fraction of sp³-hybridized carbons (Fsp3) is 0.571. The van der Waals surface area contributed by atoms with Crippen molar-refractivity contribution in [1.82, 2.24) is 15.5 Å². The predicted molar refractivity (Wildman–Crippen MR) is 105 cm³/mol. The average molecular weight is 490 g/mol. The van der Waals surface area contributed by atoms with E-state index in [0.717, 1.165) is 18.9 Å². The molecule has 178 valence electrons. The molecule has 3 fully saturated rings. The Balaban J connectivity index is 1.05. The number of aromatic nitrogens is 2. The summed E-state index contributed by atoms with van der Waals surface area (Å²) in [4.78, 5) is 12.2. The summed E-state index contributed by atoms with van der Waals surface area (Å²) in [5, 5.41) is 11.0. The second-order valence-electron chi connectivity index (χ2n) is 8.79. The average Bonchev–Trinajstić information content (AvgIpc) is 3.06. The van der Waals surface area contributed by atoms with Crippen LogP contribution in [0.3, 0.4) is 0 Å². The molecule has 3 aliphatic rings. The summed E-state index contributed by atoms with van der Waals surface area (Å²) in [7, 11) is 0. The number of alkyl halides is 3. The first-order valence-corrected chi connectivity index (χ1v) is 11.0. The zero-order valence-electron chi connectivity index (χ0n) is 17.1. The molecule has 4 atom stereocenters. The van der Waals surface area contributed by atoms with Gasteiger partial charge in [-0.3, -0.25) is 9.53 Å². The second kappa shape index (κ2) is 8.43. The first kappa shape index (κ1) is 22.4. The molecule has 1 N–H and O–H groups in total. The number of hydrogen-bond acceptors (Lipinski definition) is 6. The highest BCUT2D eigenvalue weighted by Gasteiger charge is 2.59. The van der Waals surface area contributed by atoms with Gasteiger partial charge in [0.2, 0.25) is 11.8 Å². The van der Waals surface area contributed by atoms with Crippen LogP contribution in [0.15, 0.2) is 22.6 Å². The van der Waals surface area contributed by atoms with Crippen molar-refractivity contribution in [3.63, 3.8) is 0 Å². The summed E-state index contributed by atoms with van der Waals surface area (Å²) >= 11 is 5.62. The Morgan fingerprint density at radius 1 is 1.15 bits per heavy atom. The Labute approximate surface area is 190 Å². The van der Waals surface area contributed by atoms with Gasteiger partial charge in [0.25, 0.3) is 5.91 Å². The van der Waals surface area contributed by atoms with E-state index in [1.165, 1.54) is 12.1 Å². The van der Waals surface area contributed by atoms with Crippen LogP contribution >= 0.6 is 11.6 Å².